The van der Waals surface area contributed by atoms with Gasteiger partial charge in [0.05, 0.1) is 12.1 Å². The molecule has 0 amide bonds. The second-order valence-corrected chi connectivity index (χ2v) is 9.20. The van der Waals surface area contributed by atoms with Crippen LogP contribution in [0.15, 0.2) is 66.7 Å². The highest BCUT2D eigenvalue weighted by molar-refractivity contribution is 6.10. The van der Waals surface area contributed by atoms with Gasteiger partial charge >= 0.3 is 5.97 Å². The van der Waals surface area contributed by atoms with E-state index in [-0.39, 0.29) is 13.2 Å². The molecule has 36 heavy (non-hydrogen) atoms. The molecular weight excluding hydrogens is 456 g/mol. The van der Waals surface area contributed by atoms with Crippen LogP contribution in [-0.2, 0) is 9.53 Å². The zero-order valence-corrected chi connectivity index (χ0v) is 21.1. The van der Waals surface area contributed by atoms with Gasteiger partial charge in [0.2, 0.25) is 0 Å². The molecule has 0 spiro atoms. The second kappa shape index (κ2) is 11.8. The Morgan fingerprint density at radius 1 is 0.944 bits per heavy atom. The molecule has 1 aromatic heterocycles. The fourth-order valence-corrected chi connectivity index (χ4v) is 4.31. The molecular formula is C29H34N2O5. The summed E-state index contributed by atoms with van der Waals surface area (Å²) in [7, 11) is 0. The maximum absolute atomic E-state index is 11.5. The smallest absolute Gasteiger partial charge is 0.344 e. The minimum atomic E-state index is -0.691. The number of rotatable bonds is 12. The number of aromatic nitrogens is 1. The SMILES string of the molecule is CCOC(=O)COc1ccc(N(CC(C)C)C[C@H](O)COc2cccc3[nH]c4ccccc4c23)cc1. The Morgan fingerprint density at radius 3 is 2.44 bits per heavy atom. The Bertz CT molecular complexity index is 1280. The Kier molecular flexibility index (Phi) is 8.33. The Morgan fingerprint density at radius 2 is 1.69 bits per heavy atom. The van der Waals surface area contributed by atoms with Gasteiger partial charge < -0.3 is 29.2 Å². The molecule has 3 aromatic carbocycles. The summed E-state index contributed by atoms with van der Waals surface area (Å²) in [4.78, 5) is 17.1. The van der Waals surface area contributed by atoms with Crippen LogP contribution < -0.4 is 14.4 Å². The second-order valence-electron chi connectivity index (χ2n) is 9.20. The van der Waals surface area contributed by atoms with Crippen LogP contribution in [0.25, 0.3) is 21.8 Å². The quantitative estimate of drug-likeness (QED) is 0.267. The van der Waals surface area contributed by atoms with Gasteiger partial charge in [0, 0.05) is 35.1 Å². The standard InChI is InChI=1S/C29H34N2O5/c1-4-34-28(33)19-35-23-14-12-21(13-15-23)31(16-20(2)3)17-22(32)18-36-27-11-7-10-26-29(27)24-8-5-6-9-25(24)30-26/h5-15,20,22,30,32H,4,16-19H2,1-3H3/t22-/m0/s1. The molecule has 4 aromatic rings. The molecule has 190 valence electrons. The number of nitrogens with zero attached hydrogens (tertiary/aromatic N) is 1. The van der Waals surface area contributed by atoms with E-state index >= 15 is 0 Å². The molecule has 0 fully saturated rings. The molecule has 0 aliphatic carbocycles. The van der Waals surface area contributed by atoms with Gasteiger partial charge in [-0.15, -0.1) is 0 Å². The highest BCUT2D eigenvalue weighted by Gasteiger charge is 2.17. The van der Waals surface area contributed by atoms with Gasteiger partial charge in [-0.25, -0.2) is 4.79 Å². The van der Waals surface area contributed by atoms with Crippen molar-refractivity contribution in [2.75, 3.05) is 37.8 Å². The van der Waals surface area contributed by atoms with Crippen LogP contribution in [0.4, 0.5) is 5.69 Å². The largest absolute Gasteiger partial charge is 0.490 e. The fourth-order valence-electron chi connectivity index (χ4n) is 4.31. The molecule has 0 saturated heterocycles. The van der Waals surface area contributed by atoms with E-state index in [0.29, 0.717) is 24.8 Å². The van der Waals surface area contributed by atoms with Crippen molar-refractivity contribution in [3.63, 3.8) is 0 Å². The Hall–Kier alpha value is -3.71. The highest BCUT2D eigenvalue weighted by Crippen LogP contribution is 2.33. The third-order valence-electron chi connectivity index (χ3n) is 5.80. The van der Waals surface area contributed by atoms with E-state index in [4.69, 9.17) is 14.2 Å². The van der Waals surface area contributed by atoms with Crippen molar-refractivity contribution in [2.45, 2.75) is 26.9 Å². The number of aromatic amines is 1. The molecule has 0 aliphatic rings. The van der Waals surface area contributed by atoms with Crippen molar-refractivity contribution in [1.82, 2.24) is 4.98 Å². The van der Waals surface area contributed by atoms with Crippen LogP contribution in [-0.4, -0.2) is 55.1 Å². The molecule has 0 aliphatic heterocycles. The molecule has 1 atom stereocenters. The van der Waals surface area contributed by atoms with E-state index in [9.17, 15) is 9.90 Å². The van der Waals surface area contributed by atoms with E-state index in [1.165, 1.54) is 0 Å². The lowest BCUT2D eigenvalue weighted by molar-refractivity contribution is -0.145. The summed E-state index contributed by atoms with van der Waals surface area (Å²) in [5.41, 5.74) is 3.03. The molecule has 0 unspecified atom stereocenters. The van der Waals surface area contributed by atoms with Gasteiger partial charge in [-0.3, -0.25) is 0 Å². The predicted molar refractivity (Wildman–Crippen MR) is 143 cm³/mol. The number of carbonyl (C=O) groups excluding carboxylic acids is 1. The minimum absolute atomic E-state index is 0.123. The van der Waals surface area contributed by atoms with Gasteiger partial charge in [-0.05, 0) is 55.3 Å². The number of anilines is 1. The van der Waals surface area contributed by atoms with Crippen molar-refractivity contribution >= 4 is 33.5 Å². The molecule has 7 heteroatoms. The van der Waals surface area contributed by atoms with E-state index in [2.05, 4.69) is 29.8 Å². The number of aliphatic hydroxyl groups excluding tert-OH is 1. The molecule has 0 saturated carbocycles. The highest BCUT2D eigenvalue weighted by atomic mass is 16.6. The molecule has 7 nitrogen and oxygen atoms in total. The number of hydrogen-bond acceptors (Lipinski definition) is 6. The zero-order valence-electron chi connectivity index (χ0n) is 21.1. The number of para-hydroxylation sites is 1. The maximum Gasteiger partial charge on any atom is 0.344 e. The van der Waals surface area contributed by atoms with Gasteiger partial charge in [0.1, 0.15) is 24.2 Å². The number of hydrogen-bond donors (Lipinski definition) is 2. The fraction of sp³-hybridized carbons (Fsp3) is 0.345. The van der Waals surface area contributed by atoms with Crippen molar-refractivity contribution in [1.29, 1.82) is 0 Å². The Labute approximate surface area is 211 Å². The number of aliphatic hydroxyl groups is 1. The average molecular weight is 491 g/mol. The third-order valence-corrected chi connectivity index (χ3v) is 5.80. The predicted octanol–water partition coefficient (Wildman–Crippen LogP) is 5.17. The van der Waals surface area contributed by atoms with Crippen molar-refractivity contribution < 1.29 is 24.1 Å². The number of ether oxygens (including phenoxy) is 3. The van der Waals surface area contributed by atoms with Crippen LogP contribution in [0.5, 0.6) is 11.5 Å². The van der Waals surface area contributed by atoms with Crippen molar-refractivity contribution in [3.05, 3.63) is 66.7 Å². The van der Waals surface area contributed by atoms with Crippen LogP contribution in [0.1, 0.15) is 20.8 Å². The van der Waals surface area contributed by atoms with Crippen molar-refractivity contribution in [2.24, 2.45) is 5.92 Å². The summed E-state index contributed by atoms with van der Waals surface area (Å²) in [6, 6.07) is 21.6. The van der Waals surface area contributed by atoms with E-state index in [1.54, 1.807) is 6.92 Å². The molecule has 2 N–H and O–H groups in total. The van der Waals surface area contributed by atoms with Gasteiger partial charge in [-0.1, -0.05) is 38.1 Å². The zero-order chi connectivity index (χ0) is 25.5. The summed E-state index contributed by atoms with van der Waals surface area (Å²) in [6.07, 6.45) is -0.691. The van der Waals surface area contributed by atoms with Crippen LogP contribution in [0.3, 0.4) is 0 Å². The molecule has 1 heterocycles. The molecule has 4 rings (SSSR count). The lowest BCUT2D eigenvalue weighted by Gasteiger charge is -2.29. The normalized spacial score (nSPS) is 12.1. The summed E-state index contributed by atoms with van der Waals surface area (Å²) in [5, 5.41) is 13.0. The van der Waals surface area contributed by atoms with Gasteiger partial charge in [0.25, 0.3) is 0 Å². The average Bonchev–Trinajstić information content (AvgIpc) is 3.25. The minimum Gasteiger partial charge on any atom is -0.490 e. The first-order valence-corrected chi connectivity index (χ1v) is 12.4. The summed E-state index contributed by atoms with van der Waals surface area (Å²) < 4.78 is 16.5. The summed E-state index contributed by atoms with van der Waals surface area (Å²) >= 11 is 0. The number of carbonyl (C=O) groups is 1. The van der Waals surface area contributed by atoms with Crippen LogP contribution in [0.2, 0.25) is 0 Å². The third kappa shape index (κ3) is 6.29. The lowest BCUT2D eigenvalue weighted by atomic mass is 10.1. The topological polar surface area (TPSA) is 84.0 Å². The first-order chi connectivity index (χ1) is 17.4. The number of H-pyrrole nitrogens is 1. The molecule has 0 radical (unpaired) electrons. The van der Waals surface area contributed by atoms with Crippen LogP contribution >= 0.6 is 0 Å². The number of nitrogens with one attached hydrogen (secondary N) is 1. The lowest BCUT2D eigenvalue weighted by Crippen LogP contribution is -2.37. The number of esters is 1. The Balaban J connectivity index is 1.41. The first-order valence-electron chi connectivity index (χ1n) is 12.4. The maximum atomic E-state index is 11.5. The van der Waals surface area contributed by atoms with E-state index in [1.807, 2.05) is 60.7 Å². The van der Waals surface area contributed by atoms with Crippen molar-refractivity contribution in [3.8, 4) is 11.5 Å². The van der Waals surface area contributed by atoms with Gasteiger partial charge in [-0.2, -0.15) is 0 Å². The van der Waals surface area contributed by atoms with Gasteiger partial charge in [0.15, 0.2) is 6.61 Å². The number of benzene rings is 3. The first kappa shape index (κ1) is 25.4. The monoisotopic (exact) mass is 490 g/mol. The van der Waals surface area contributed by atoms with E-state index < -0.39 is 12.1 Å². The van der Waals surface area contributed by atoms with E-state index in [0.717, 1.165) is 39.8 Å². The van der Waals surface area contributed by atoms with Crippen LogP contribution in [0, 0.1) is 5.92 Å². The summed E-state index contributed by atoms with van der Waals surface area (Å²) in [6.45, 7) is 7.63. The molecule has 0 bridgehead atoms. The summed E-state index contributed by atoms with van der Waals surface area (Å²) in [5.74, 6) is 1.35. The number of fused-ring (bicyclic) bond motifs is 3.